The van der Waals surface area contributed by atoms with E-state index in [9.17, 15) is 0 Å². The summed E-state index contributed by atoms with van der Waals surface area (Å²) in [6.07, 6.45) is 0. The summed E-state index contributed by atoms with van der Waals surface area (Å²) in [5.41, 5.74) is 0.744. The van der Waals surface area contributed by atoms with Gasteiger partial charge in [-0.2, -0.15) is 10.5 Å². The number of hydrogen-bond donors (Lipinski definition) is 0. The Kier molecular flexibility index (Phi) is 3.61. The van der Waals surface area contributed by atoms with Crippen LogP contribution in [-0.2, 0) is 0 Å². The third-order valence-electron chi connectivity index (χ3n) is 2.35. The first-order valence-electron chi connectivity index (χ1n) is 5.40. The molecule has 0 bridgehead atoms. The molecule has 1 aromatic carbocycles. The number of hydrogen-bond acceptors (Lipinski definition) is 5. The number of ether oxygens (including phenoxy) is 2. The van der Waals surface area contributed by atoms with E-state index in [1.54, 1.807) is 36.4 Å². The maximum Gasteiger partial charge on any atom is 0.220 e. The van der Waals surface area contributed by atoms with Gasteiger partial charge in [0, 0.05) is 12.1 Å². The van der Waals surface area contributed by atoms with Crippen LogP contribution in [0.3, 0.4) is 0 Å². The van der Waals surface area contributed by atoms with Crippen LogP contribution in [0, 0.1) is 22.7 Å². The standard InChI is InChI=1S/C14H9N3O2/c1-18-13-7-10(8-15)5-6-12(13)19-14-4-2-3-11(9-16)17-14/h2-7H,1H3. The Bertz CT molecular complexity index is 684. The Hall–Kier alpha value is -3.05. The van der Waals surface area contributed by atoms with E-state index in [2.05, 4.69) is 4.98 Å². The minimum Gasteiger partial charge on any atom is -0.493 e. The summed E-state index contributed by atoms with van der Waals surface area (Å²) in [5, 5.41) is 17.6. The van der Waals surface area contributed by atoms with Gasteiger partial charge in [0.1, 0.15) is 11.8 Å². The van der Waals surface area contributed by atoms with Crippen molar-refractivity contribution < 1.29 is 9.47 Å². The van der Waals surface area contributed by atoms with Gasteiger partial charge < -0.3 is 9.47 Å². The fraction of sp³-hybridized carbons (Fsp3) is 0.0714. The second-order valence-electron chi connectivity index (χ2n) is 3.55. The molecule has 0 aliphatic carbocycles. The summed E-state index contributed by atoms with van der Waals surface area (Å²) in [7, 11) is 1.49. The van der Waals surface area contributed by atoms with E-state index < -0.39 is 0 Å². The second-order valence-corrected chi connectivity index (χ2v) is 3.55. The molecule has 0 saturated carbocycles. The van der Waals surface area contributed by atoms with Crippen molar-refractivity contribution in [1.82, 2.24) is 4.98 Å². The van der Waals surface area contributed by atoms with Gasteiger partial charge in [-0.3, -0.25) is 0 Å². The molecule has 1 aromatic heterocycles. The van der Waals surface area contributed by atoms with Crippen LogP contribution in [-0.4, -0.2) is 12.1 Å². The quantitative estimate of drug-likeness (QED) is 0.837. The Morgan fingerprint density at radius 1 is 1.05 bits per heavy atom. The van der Waals surface area contributed by atoms with Crippen molar-refractivity contribution >= 4 is 0 Å². The van der Waals surface area contributed by atoms with Crippen molar-refractivity contribution in [3.8, 4) is 29.5 Å². The fourth-order valence-electron chi connectivity index (χ4n) is 1.47. The lowest BCUT2D eigenvalue weighted by molar-refractivity contribution is 0.374. The molecule has 0 spiro atoms. The van der Waals surface area contributed by atoms with Crippen LogP contribution in [0.5, 0.6) is 17.4 Å². The van der Waals surface area contributed by atoms with Crippen LogP contribution < -0.4 is 9.47 Å². The smallest absolute Gasteiger partial charge is 0.220 e. The lowest BCUT2D eigenvalue weighted by atomic mass is 10.2. The number of nitriles is 2. The van der Waals surface area contributed by atoms with Gasteiger partial charge in [-0.05, 0) is 18.2 Å². The molecule has 0 atom stereocenters. The van der Waals surface area contributed by atoms with Gasteiger partial charge in [0.25, 0.3) is 0 Å². The molecule has 2 aromatic rings. The van der Waals surface area contributed by atoms with Crippen LogP contribution in [0.25, 0.3) is 0 Å². The summed E-state index contributed by atoms with van der Waals surface area (Å²) in [5.74, 6) is 1.16. The molecule has 2 rings (SSSR count). The maximum atomic E-state index is 8.81. The largest absolute Gasteiger partial charge is 0.493 e. The van der Waals surface area contributed by atoms with Gasteiger partial charge in [-0.15, -0.1) is 0 Å². The zero-order valence-corrected chi connectivity index (χ0v) is 10.1. The molecule has 1 heterocycles. The highest BCUT2D eigenvalue weighted by Crippen LogP contribution is 2.31. The molecule has 0 unspecified atom stereocenters. The summed E-state index contributed by atoms with van der Waals surface area (Å²) in [6.45, 7) is 0. The van der Waals surface area contributed by atoms with Gasteiger partial charge in [-0.1, -0.05) is 6.07 Å². The first-order valence-corrected chi connectivity index (χ1v) is 5.40. The summed E-state index contributed by atoms with van der Waals surface area (Å²) in [6, 6.07) is 13.7. The van der Waals surface area contributed by atoms with E-state index in [0.29, 0.717) is 22.9 Å². The number of benzene rings is 1. The van der Waals surface area contributed by atoms with E-state index in [1.807, 2.05) is 12.1 Å². The normalized spacial score (nSPS) is 9.21. The van der Waals surface area contributed by atoms with Crippen molar-refractivity contribution in [2.45, 2.75) is 0 Å². The zero-order valence-electron chi connectivity index (χ0n) is 10.1. The first kappa shape index (κ1) is 12.4. The Labute approximate surface area is 110 Å². The minimum absolute atomic E-state index is 0.269. The molecule has 0 N–H and O–H groups in total. The topological polar surface area (TPSA) is 78.9 Å². The highest BCUT2D eigenvalue weighted by Gasteiger charge is 2.08. The average Bonchev–Trinajstić information content (AvgIpc) is 2.48. The number of aromatic nitrogens is 1. The zero-order chi connectivity index (χ0) is 13.7. The van der Waals surface area contributed by atoms with Gasteiger partial charge in [0.2, 0.25) is 5.88 Å². The molecule has 5 heteroatoms. The molecule has 19 heavy (non-hydrogen) atoms. The van der Waals surface area contributed by atoms with Crippen LogP contribution >= 0.6 is 0 Å². The van der Waals surface area contributed by atoms with Gasteiger partial charge >= 0.3 is 0 Å². The number of methoxy groups -OCH3 is 1. The van der Waals surface area contributed by atoms with Crippen molar-refractivity contribution in [2.24, 2.45) is 0 Å². The molecular weight excluding hydrogens is 242 g/mol. The van der Waals surface area contributed by atoms with Crippen molar-refractivity contribution in [1.29, 1.82) is 10.5 Å². The van der Waals surface area contributed by atoms with Crippen molar-refractivity contribution in [3.05, 3.63) is 47.7 Å². The van der Waals surface area contributed by atoms with Crippen molar-refractivity contribution in [2.75, 3.05) is 7.11 Å². The third-order valence-corrected chi connectivity index (χ3v) is 2.35. The molecule has 0 aliphatic rings. The van der Waals surface area contributed by atoms with E-state index >= 15 is 0 Å². The van der Waals surface area contributed by atoms with Gasteiger partial charge in [0.15, 0.2) is 11.5 Å². The Morgan fingerprint density at radius 2 is 1.89 bits per heavy atom. The van der Waals surface area contributed by atoms with Gasteiger partial charge in [0.05, 0.1) is 18.7 Å². The van der Waals surface area contributed by atoms with E-state index in [-0.39, 0.29) is 5.69 Å². The maximum absolute atomic E-state index is 8.81. The third kappa shape index (κ3) is 2.80. The Balaban J connectivity index is 2.33. The predicted octanol–water partition coefficient (Wildman–Crippen LogP) is 2.63. The van der Waals surface area contributed by atoms with Crippen molar-refractivity contribution in [3.63, 3.8) is 0 Å². The SMILES string of the molecule is COc1cc(C#N)ccc1Oc1cccc(C#N)n1. The van der Waals surface area contributed by atoms with E-state index in [1.165, 1.54) is 7.11 Å². The average molecular weight is 251 g/mol. The first-order chi connectivity index (χ1) is 9.26. The second kappa shape index (κ2) is 5.52. The molecular formula is C14H9N3O2. The summed E-state index contributed by atoms with van der Waals surface area (Å²) in [4.78, 5) is 4.00. The van der Waals surface area contributed by atoms with Crippen LogP contribution in [0.2, 0.25) is 0 Å². The molecule has 0 radical (unpaired) electrons. The number of nitrogens with zero attached hydrogens (tertiary/aromatic N) is 3. The van der Waals surface area contributed by atoms with Crippen LogP contribution in [0.15, 0.2) is 36.4 Å². The lowest BCUT2D eigenvalue weighted by Crippen LogP contribution is -1.93. The predicted molar refractivity (Wildman–Crippen MR) is 66.7 cm³/mol. The monoisotopic (exact) mass is 251 g/mol. The number of rotatable bonds is 3. The van der Waals surface area contributed by atoms with E-state index in [4.69, 9.17) is 20.0 Å². The highest BCUT2D eigenvalue weighted by molar-refractivity contribution is 5.48. The van der Waals surface area contributed by atoms with Crippen LogP contribution in [0.4, 0.5) is 0 Å². The fourth-order valence-corrected chi connectivity index (χ4v) is 1.47. The lowest BCUT2D eigenvalue weighted by Gasteiger charge is -2.09. The molecule has 0 fully saturated rings. The van der Waals surface area contributed by atoms with E-state index in [0.717, 1.165) is 0 Å². The minimum atomic E-state index is 0.269. The molecule has 92 valence electrons. The molecule has 0 saturated heterocycles. The number of pyridine rings is 1. The Morgan fingerprint density at radius 3 is 2.58 bits per heavy atom. The molecule has 0 amide bonds. The van der Waals surface area contributed by atoms with Gasteiger partial charge in [-0.25, -0.2) is 4.98 Å². The molecule has 5 nitrogen and oxygen atoms in total. The van der Waals surface area contributed by atoms with Crippen LogP contribution in [0.1, 0.15) is 11.3 Å². The molecule has 0 aliphatic heterocycles. The summed E-state index contributed by atoms with van der Waals surface area (Å²) < 4.78 is 10.7. The highest BCUT2D eigenvalue weighted by atomic mass is 16.5. The summed E-state index contributed by atoms with van der Waals surface area (Å²) >= 11 is 0.